The van der Waals surface area contributed by atoms with Gasteiger partial charge in [-0.2, -0.15) is 0 Å². The molecule has 0 radical (unpaired) electrons. The summed E-state index contributed by atoms with van der Waals surface area (Å²) in [6, 6.07) is 17.7. The van der Waals surface area contributed by atoms with Gasteiger partial charge in [0.2, 0.25) is 5.91 Å². The van der Waals surface area contributed by atoms with E-state index in [1.165, 1.54) is 34.0 Å². The third kappa shape index (κ3) is 5.14. The summed E-state index contributed by atoms with van der Waals surface area (Å²) in [7, 11) is 0. The minimum atomic E-state index is -0.146. The lowest BCUT2D eigenvalue weighted by atomic mass is 10.2. The van der Waals surface area contributed by atoms with Crippen LogP contribution in [0.5, 0.6) is 0 Å². The highest BCUT2D eigenvalue weighted by Gasteiger charge is 2.13. The fourth-order valence-electron chi connectivity index (χ4n) is 2.64. The van der Waals surface area contributed by atoms with Gasteiger partial charge in [0.25, 0.3) is 11.1 Å². The number of benzene rings is 2. The zero-order valence-corrected chi connectivity index (χ0v) is 18.0. The number of aromatic nitrogens is 2. The Balaban J connectivity index is 1.30. The number of nitrogens with one attached hydrogen (secondary N) is 1. The van der Waals surface area contributed by atoms with Gasteiger partial charge >= 0.3 is 0 Å². The fraction of sp³-hybridized carbons (Fsp3) is 0.136. The summed E-state index contributed by atoms with van der Waals surface area (Å²) in [6.45, 7) is 4.20. The van der Waals surface area contributed by atoms with E-state index in [0.29, 0.717) is 16.9 Å². The largest absolute Gasteiger partial charge is 0.459 e. The Morgan fingerprint density at radius 1 is 1.07 bits per heavy atom. The molecule has 0 aliphatic carbocycles. The lowest BCUT2D eigenvalue weighted by molar-refractivity contribution is -0.113. The molecule has 0 saturated heterocycles. The van der Waals surface area contributed by atoms with Crippen molar-refractivity contribution >= 4 is 35.1 Å². The highest BCUT2D eigenvalue weighted by Crippen LogP contribution is 2.31. The Hall–Kier alpha value is -2.97. The van der Waals surface area contributed by atoms with Crippen molar-refractivity contribution in [3.05, 3.63) is 72.0 Å². The molecule has 2 aromatic carbocycles. The maximum atomic E-state index is 12.2. The Bertz CT molecular complexity index is 1140. The number of thioether (sulfide) groups is 1. The molecular formula is C22H19N3O3S2. The average Bonchev–Trinajstić information content (AvgIpc) is 3.42. The molecule has 0 atom stereocenters. The van der Waals surface area contributed by atoms with Crippen molar-refractivity contribution in [3.8, 4) is 11.7 Å². The van der Waals surface area contributed by atoms with Gasteiger partial charge < -0.3 is 14.2 Å². The van der Waals surface area contributed by atoms with E-state index >= 15 is 0 Å². The molecule has 2 aromatic heterocycles. The van der Waals surface area contributed by atoms with Crippen LogP contribution in [0.2, 0.25) is 0 Å². The van der Waals surface area contributed by atoms with Crippen LogP contribution in [0.3, 0.4) is 0 Å². The first-order valence-corrected chi connectivity index (χ1v) is 11.0. The molecule has 152 valence electrons. The van der Waals surface area contributed by atoms with E-state index in [9.17, 15) is 4.79 Å². The highest BCUT2D eigenvalue weighted by atomic mass is 32.2. The molecule has 0 fully saturated rings. The van der Waals surface area contributed by atoms with Crippen molar-refractivity contribution in [2.45, 2.75) is 28.9 Å². The Labute approximate surface area is 182 Å². The summed E-state index contributed by atoms with van der Waals surface area (Å²) < 4.78 is 10.7. The van der Waals surface area contributed by atoms with Crippen LogP contribution in [-0.2, 0) is 4.79 Å². The molecule has 0 spiro atoms. The van der Waals surface area contributed by atoms with E-state index in [0.717, 1.165) is 10.6 Å². The molecule has 0 bridgehead atoms. The number of aryl methyl sites for hydroxylation is 2. The smallest absolute Gasteiger partial charge is 0.284 e. The van der Waals surface area contributed by atoms with Crippen LogP contribution in [0.15, 0.2) is 84.7 Å². The molecule has 0 aliphatic rings. The summed E-state index contributed by atoms with van der Waals surface area (Å²) in [6.07, 6.45) is 1.53. The second-order valence-electron chi connectivity index (χ2n) is 6.58. The van der Waals surface area contributed by atoms with Crippen LogP contribution in [0.1, 0.15) is 11.1 Å². The van der Waals surface area contributed by atoms with Crippen molar-refractivity contribution in [2.75, 3.05) is 11.1 Å². The third-order valence-corrected chi connectivity index (χ3v) is 6.16. The van der Waals surface area contributed by atoms with Crippen molar-refractivity contribution in [2.24, 2.45) is 0 Å². The standard InChI is InChI=1S/C22H19N3O3S2/c1-14-5-6-15(2)19(12-14)30-17-9-7-16(8-10-17)23-20(26)13-29-22-25-24-21(28-22)18-4-3-11-27-18/h3-12H,13H2,1-2H3,(H,23,26). The normalized spacial score (nSPS) is 10.9. The summed E-state index contributed by atoms with van der Waals surface area (Å²) in [5.74, 6) is 0.809. The maximum Gasteiger partial charge on any atom is 0.284 e. The van der Waals surface area contributed by atoms with Crippen LogP contribution in [0.25, 0.3) is 11.7 Å². The SMILES string of the molecule is Cc1ccc(C)c(Sc2ccc(NC(=O)CSc3nnc(-c4ccco4)o3)cc2)c1. The van der Waals surface area contributed by atoms with Gasteiger partial charge in [-0.15, -0.1) is 10.2 Å². The van der Waals surface area contributed by atoms with E-state index in [-0.39, 0.29) is 11.7 Å². The van der Waals surface area contributed by atoms with E-state index in [4.69, 9.17) is 8.83 Å². The van der Waals surface area contributed by atoms with E-state index in [2.05, 4.69) is 47.6 Å². The van der Waals surface area contributed by atoms with Crippen LogP contribution < -0.4 is 5.32 Å². The summed E-state index contributed by atoms with van der Waals surface area (Å²) in [5, 5.41) is 11.0. The molecule has 2 heterocycles. The lowest BCUT2D eigenvalue weighted by Crippen LogP contribution is -2.13. The minimum absolute atomic E-state index is 0.146. The Kier molecular flexibility index (Phi) is 6.25. The second kappa shape index (κ2) is 9.23. The summed E-state index contributed by atoms with van der Waals surface area (Å²) in [4.78, 5) is 14.6. The minimum Gasteiger partial charge on any atom is -0.459 e. The number of carbonyl (C=O) groups is 1. The van der Waals surface area contributed by atoms with Crippen molar-refractivity contribution in [1.29, 1.82) is 0 Å². The molecule has 4 aromatic rings. The van der Waals surface area contributed by atoms with Gasteiger partial charge in [0.05, 0.1) is 12.0 Å². The first-order chi connectivity index (χ1) is 14.6. The van der Waals surface area contributed by atoms with Gasteiger partial charge in [0.15, 0.2) is 5.76 Å². The third-order valence-electron chi connectivity index (χ3n) is 4.17. The second-order valence-corrected chi connectivity index (χ2v) is 8.62. The number of hydrogen-bond donors (Lipinski definition) is 1. The predicted octanol–water partition coefficient (Wildman–Crippen LogP) is 5.83. The first-order valence-electron chi connectivity index (χ1n) is 9.22. The van der Waals surface area contributed by atoms with E-state index in [1.54, 1.807) is 23.9 Å². The predicted molar refractivity (Wildman–Crippen MR) is 118 cm³/mol. The molecule has 4 rings (SSSR count). The van der Waals surface area contributed by atoms with Gasteiger partial charge in [-0.05, 0) is 67.4 Å². The number of amides is 1. The zero-order valence-electron chi connectivity index (χ0n) is 16.4. The van der Waals surface area contributed by atoms with Crippen LogP contribution in [-0.4, -0.2) is 21.9 Å². The van der Waals surface area contributed by atoms with Crippen LogP contribution in [0.4, 0.5) is 5.69 Å². The molecule has 8 heteroatoms. The van der Waals surface area contributed by atoms with Crippen molar-refractivity contribution in [1.82, 2.24) is 10.2 Å². The Morgan fingerprint density at radius 2 is 1.90 bits per heavy atom. The van der Waals surface area contributed by atoms with Gasteiger partial charge in [-0.1, -0.05) is 35.7 Å². The first kappa shape index (κ1) is 20.3. The topological polar surface area (TPSA) is 81.2 Å². The highest BCUT2D eigenvalue weighted by molar-refractivity contribution is 7.99. The van der Waals surface area contributed by atoms with Crippen molar-refractivity contribution < 1.29 is 13.6 Å². The molecule has 6 nitrogen and oxygen atoms in total. The monoisotopic (exact) mass is 437 g/mol. The van der Waals surface area contributed by atoms with Gasteiger partial charge in [-0.25, -0.2) is 0 Å². The molecule has 0 unspecified atom stereocenters. The molecule has 1 amide bonds. The summed E-state index contributed by atoms with van der Waals surface area (Å²) >= 11 is 2.89. The van der Waals surface area contributed by atoms with E-state index in [1.807, 2.05) is 24.3 Å². The Morgan fingerprint density at radius 3 is 2.67 bits per heavy atom. The number of nitrogens with zero attached hydrogens (tertiary/aromatic N) is 2. The fourth-order valence-corrected chi connectivity index (χ4v) is 4.21. The molecule has 1 N–H and O–H groups in total. The average molecular weight is 438 g/mol. The van der Waals surface area contributed by atoms with Gasteiger partial charge in [-0.3, -0.25) is 4.79 Å². The lowest BCUT2D eigenvalue weighted by Gasteiger charge is -2.08. The molecule has 0 aliphatic heterocycles. The maximum absolute atomic E-state index is 12.2. The van der Waals surface area contributed by atoms with Crippen molar-refractivity contribution in [3.63, 3.8) is 0 Å². The molecule has 30 heavy (non-hydrogen) atoms. The number of carbonyl (C=O) groups excluding carboxylic acids is 1. The van der Waals surface area contributed by atoms with Gasteiger partial charge in [0, 0.05) is 15.5 Å². The van der Waals surface area contributed by atoms with E-state index < -0.39 is 0 Å². The molecule has 0 saturated carbocycles. The number of rotatable bonds is 7. The zero-order chi connectivity index (χ0) is 20.9. The quantitative estimate of drug-likeness (QED) is 0.364. The van der Waals surface area contributed by atoms with Crippen LogP contribution in [0, 0.1) is 13.8 Å². The summed E-state index contributed by atoms with van der Waals surface area (Å²) in [5.41, 5.74) is 3.23. The number of furan rings is 1. The number of hydrogen-bond acceptors (Lipinski definition) is 7. The van der Waals surface area contributed by atoms with Crippen LogP contribution >= 0.6 is 23.5 Å². The van der Waals surface area contributed by atoms with Gasteiger partial charge in [0.1, 0.15) is 0 Å². The molecular weight excluding hydrogens is 418 g/mol. The number of anilines is 1.